The number of rotatable bonds is 3. The summed E-state index contributed by atoms with van der Waals surface area (Å²) in [6, 6.07) is -0.0689. The van der Waals surface area contributed by atoms with Crippen LogP contribution < -0.4 is 5.32 Å². The van der Waals surface area contributed by atoms with E-state index >= 15 is 0 Å². The van der Waals surface area contributed by atoms with Gasteiger partial charge in [-0.15, -0.1) is 0 Å². The zero-order chi connectivity index (χ0) is 11.5. The van der Waals surface area contributed by atoms with Crippen LogP contribution >= 0.6 is 0 Å². The maximum Gasteiger partial charge on any atom is 0.239 e. The maximum atomic E-state index is 12.1. The molecule has 0 radical (unpaired) electrons. The summed E-state index contributed by atoms with van der Waals surface area (Å²) in [6.07, 6.45) is 2.12. The van der Waals surface area contributed by atoms with Crippen molar-refractivity contribution in [3.8, 4) is 0 Å². The average Bonchev–Trinajstić information content (AvgIpc) is 2.97. The van der Waals surface area contributed by atoms with Gasteiger partial charge in [-0.3, -0.25) is 4.79 Å². The molecule has 1 N–H and O–H groups in total. The van der Waals surface area contributed by atoms with Crippen LogP contribution in [0.25, 0.3) is 0 Å². The van der Waals surface area contributed by atoms with Gasteiger partial charge in [0, 0.05) is 33.9 Å². The molecule has 92 valence electrons. The molecule has 0 spiro atoms. The number of methoxy groups -OCH3 is 2. The predicted molar refractivity (Wildman–Crippen MR) is 59.2 cm³/mol. The summed E-state index contributed by atoms with van der Waals surface area (Å²) < 4.78 is 10.5. The summed E-state index contributed by atoms with van der Waals surface area (Å²) in [5.74, 6) is 0.194. The van der Waals surface area contributed by atoms with Crippen LogP contribution in [0, 0.1) is 0 Å². The molecular weight excluding hydrogens is 208 g/mol. The van der Waals surface area contributed by atoms with E-state index in [0.29, 0.717) is 0 Å². The van der Waals surface area contributed by atoms with E-state index in [4.69, 9.17) is 9.47 Å². The van der Waals surface area contributed by atoms with Crippen LogP contribution in [-0.4, -0.2) is 62.9 Å². The van der Waals surface area contributed by atoms with Crippen LogP contribution in [-0.2, 0) is 14.3 Å². The summed E-state index contributed by atoms with van der Waals surface area (Å²) in [4.78, 5) is 14.0. The van der Waals surface area contributed by atoms with Crippen molar-refractivity contribution in [2.45, 2.75) is 31.1 Å². The minimum atomic E-state index is -0.0689. The van der Waals surface area contributed by atoms with E-state index in [2.05, 4.69) is 5.32 Å². The minimum Gasteiger partial charge on any atom is -0.380 e. The number of likely N-dealkylation sites (tertiary alicyclic amines) is 1. The summed E-state index contributed by atoms with van der Waals surface area (Å²) in [5, 5.41) is 3.21. The van der Waals surface area contributed by atoms with Crippen LogP contribution in [0.15, 0.2) is 0 Å². The van der Waals surface area contributed by atoms with Gasteiger partial charge in [0.05, 0.1) is 18.2 Å². The lowest BCUT2D eigenvalue weighted by Crippen LogP contribution is -2.42. The highest BCUT2D eigenvalue weighted by Crippen LogP contribution is 2.17. The van der Waals surface area contributed by atoms with Gasteiger partial charge in [0.1, 0.15) is 0 Å². The van der Waals surface area contributed by atoms with Crippen LogP contribution in [0.5, 0.6) is 0 Å². The molecule has 3 atom stereocenters. The summed E-state index contributed by atoms with van der Waals surface area (Å²) in [5.41, 5.74) is 0. The first-order chi connectivity index (χ1) is 7.74. The molecule has 2 fully saturated rings. The SMILES string of the molecule is COC1CNC(C(=O)N2CCC(OC)C2)C1. The smallest absolute Gasteiger partial charge is 0.239 e. The van der Waals surface area contributed by atoms with Gasteiger partial charge in [0.15, 0.2) is 0 Å². The second-order valence-electron chi connectivity index (χ2n) is 4.48. The molecule has 3 unspecified atom stereocenters. The standard InChI is InChI=1S/C11H20N2O3/c1-15-8-3-4-13(7-8)11(14)10-5-9(16-2)6-12-10/h8-10,12H,3-7H2,1-2H3. The van der Waals surface area contributed by atoms with Crippen molar-refractivity contribution < 1.29 is 14.3 Å². The molecule has 0 aromatic carbocycles. The van der Waals surface area contributed by atoms with Gasteiger partial charge in [0.2, 0.25) is 5.91 Å². The lowest BCUT2D eigenvalue weighted by Gasteiger charge is -2.20. The van der Waals surface area contributed by atoms with Crippen molar-refractivity contribution in [2.24, 2.45) is 0 Å². The Morgan fingerprint density at radius 2 is 2.06 bits per heavy atom. The van der Waals surface area contributed by atoms with E-state index in [1.54, 1.807) is 14.2 Å². The Morgan fingerprint density at radius 3 is 2.62 bits per heavy atom. The van der Waals surface area contributed by atoms with E-state index in [1.165, 1.54) is 0 Å². The number of hydrogen-bond donors (Lipinski definition) is 1. The monoisotopic (exact) mass is 228 g/mol. The number of ether oxygens (including phenoxy) is 2. The first-order valence-electron chi connectivity index (χ1n) is 5.82. The maximum absolute atomic E-state index is 12.1. The Bertz CT molecular complexity index is 236. The number of nitrogens with one attached hydrogen (secondary N) is 1. The molecule has 2 heterocycles. The zero-order valence-electron chi connectivity index (χ0n) is 9.94. The van der Waals surface area contributed by atoms with Crippen molar-refractivity contribution in [1.29, 1.82) is 0 Å². The summed E-state index contributed by atoms with van der Waals surface area (Å²) in [7, 11) is 3.39. The molecule has 16 heavy (non-hydrogen) atoms. The summed E-state index contributed by atoms with van der Waals surface area (Å²) in [6.45, 7) is 2.31. The highest BCUT2D eigenvalue weighted by atomic mass is 16.5. The molecular formula is C11H20N2O3. The van der Waals surface area contributed by atoms with Crippen LogP contribution in [0.3, 0.4) is 0 Å². The third kappa shape index (κ3) is 2.36. The van der Waals surface area contributed by atoms with Gasteiger partial charge in [-0.1, -0.05) is 0 Å². The molecule has 5 nitrogen and oxygen atoms in total. The highest BCUT2D eigenvalue weighted by molar-refractivity contribution is 5.82. The fourth-order valence-electron chi connectivity index (χ4n) is 2.41. The number of hydrogen-bond acceptors (Lipinski definition) is 4. The van der Waals surface area contributed by atoms with Gasteiger partial charge >= 0.3 is 0 Å². The Labute approximate surface area is 96.1 Å². The van der Waals surface area contributed by atoms with Gasteiger partial charge in [-0.05, 0) is 12.8 Å². The molecule has 2 aliphatic heterocycles. The van der Waals surface area contributed by atoms with E-state index in [0.717, 1.165) is 32.5 Å². The van der Waals surface area contributed by atoms with E-state index in [1.807, 2.05) is 4.90 Å². The zero-order valence-corrected chi connectivity index (χ0v) is 9.94. The number of carbonyl (C=O) groups excluding carboxylic acids is 1. The van der Waals surface area contributed by atoms with Gasteiger partial charge in [-0.25, -0.2) is 0 Å². The lowest BCUT2D eigenvalue weighted by atomic mass is 10.2. The van der Waals surface area contributed by atoms with Crippen molar-refractivity contribution in [2.75, 3.05) is 33.9 Å². The summed E-state index contributed by atoms with van der Waals surface area (Å²) >= 11 is 0. The largest absolute Gasteiger partial charge is 0.380 e. The molecule has 0 bridgehead atoms. The normalized spacial score (nSPS) is 34.6. The third-order valence-corrected chi connectivity index (χ3v) is 3.51. The van der Waals surface area contributed by atoms with Crippen molar-refractivity contribution in [3.05, 3.63) is 0 Å². The Morgan fingerprint density at radius 1 is 1.31 bits per heavy atom. The fourth-order valence-corrected chi connectivity index (χ4v) is 2.41. The van der Waals surface area contributed by atoms with Crippen LogP contribution in [0.1, 0.15) is 12.8 Å². The molecule has 2 aliphatic rings. The Hall–Kier alpha value is -0.650. The van der Waals surface area contributed by atoms with Crippen molar-refractivity contribution >= 4 is 5.91 Å². The molecule has 0 aromatic rings. The number of nitrogens with zero attached hydrogens (tertiary/aromatic N) is 1. The topological polar surface area (TPSA) is 50.8 Å². The minimum absolute atomic E-state index is 0.0689. The highest BCUT2D eigenvalue weighted by Gasteiger charge is 2.35. The average molecular weight is 228 g/mol. The Balaban J connectivity index is 1.84. The predicted octanol–water partition coefficient (Wildman–Crippen LogP) is -0.389. The molecule has 5 heteroatoms. The fraction of sp³-hybridized carbons (Fsp3) is 0.909. The van der Waals surface area contributed by atoms with E-state index in [9.17, 15) is 4.79 Å². The van der Waals surface area contributed by atoms with E-state index in [-0.39, 0.29) is 24.2 Å². The molecule has 2 saturated heterocycles. The Kier molecular flexibility index (Phi) is 3.78. The van der Waals surface area contributed by atoms with Crippen LogP contribution in [0.2, 0.25) is 0 Å². The number of carbonyl (C=O) groups is 1. The van der Waals surface area contributed by atoms with Crippen molar-refractivity contribution in [1.82, 2.24) is 10.2 Å². The molecule has 0 saturated carbocycles. The quantitative estimate of drug-likeness (QED) is 0.715. The molecule has 1 amide bonds. The van der Waals surface area contributed by atoms with Gasteiger partial charge < -0.3 is 19.7 Å². The first kappa shape index (κ1) is 11.8. The lowest BCUT2D eigenvalue weighted by molar-refractivity contribution is -0.132. The van der Waals surface area contributed by atoms with Crippen molar-refractivity contribution in [3.63, 3.8) is 0 Å². The van der Waals surface area contributed by atoms with Gasteiger partial charge in [-0.2, -0.15) is 0 Å². The third-order valence-electron chi connectivity index (χ3n) is 3.51. The van der Waals surface area contributed by atoms with Crippen LogP contribution in [0.4, 0.5) is 0 Å². The second kappa shape index (κ2) is 5.12. The molecule has 0 aromatic heterocycles. The van der Waals surface area contributed by atoms with E-state index < -0.39 is 0 Å². The number of amides is 1. The second-order valence-corrected chi connectivity index (χ2v) is 4.48. The molecule has 2 rings (SSSR count). The van der Waals surface area contributed by atoms with Gasteiger partial charge in [0.25, 0.3) is 0 Å². The molecule has 0 aliphatic carbocycles. The first-order valence-corrected chi connectivity index (χ1v) is 5.82.